The van der Waals surface area contributed by atoms with Crippen LogP contribution in [0.4, 0.5) is 0 Å². The van der Waals surface area contributed by atoms with E-state index in [1.54, 1.807) is 9.80 Å². The third-order valence-electron chi connectivity index (χ3n) is 9.41. The third kappa shape index (κ3) is 9.78. The van der Waals surface area contributed by atoms with E-state index in [-0.39, 0.29) is 24.9 Å². The molecule has 5 rings (SSSR count). The molecule has 2 N–H and O–H groups in total. The van der Waals surface area contributed by atoms with Crippen molar-refractivity contribution in [2.45, 2.75) is 52.6 Å². The number of hydrogen-bond donors (Lipinski definition) is 2. The highest BCUT2D eigenvalue weighted by Crippen LogP contribution is 2.52. The van der Waals surface area contributed by atoms with E-state index in [2.05, 4.69) is 0 Å². The van der Waals surface area contributed by atoms with E-state index in [9.17, 15) is 29.4 Å². The Morgan fingerprint density at radius 1 is 0.519 bits per heavy atom. The molecular weight excluding hydrogens is 660 g/mol. The molecule has 272 valence electrons. The Labute approximate surface area is 304 Å². The van der Waals surface area contributed by atoms with Crippen molar-refractivity contribution in [3.05, 3.63) is 120 Å². The zero-order valence-electron chi connectivity index (χ0n) is 29.6. The van der Waals surface area contributed by atoms with Gasteiger partial charge in [0.15, 0.2) is 0 Å². The summed E-state index contributed by atoms with van der Waals surface area (Å²) in [6.45, 7) is 5.16. The Balaban J connectivity index is 1.37. The highest BCUT2D eigenvalue weighted by Gasteiger charge is 2.59. The van der Waals surface area contributed by atoms with Gasteiger partial charge in [-0.15, -0.1) is 0 Å². The van der Waals surface area contributed by atoms with Crippen LogP contribution >= 0.6 is 0 Å². The van der Waals surface area contributed by atoms with E-state index < -0.39 is 48.5 Å². The van der Waals surface area contributed by atoms with E-state index >= 15 is 0 Å². The van der Waals surface area contributed by atoms with Gasteiger partial charge in [0.25, 0.3) is 0 Å². The number of carbonyl (C=O) groups is 4. The van der Waals surface area contributed by atoms with Gasteiger partial charge in [0.05, 0.1) is 11.8 Å². The maximum Gasteiger partial charge on any atom is 0.303 e. The summed E-state index contributed by atoms with van der Waals surface area (Å²) in [5.41, 5.74) is 1.68. The molecule has 0 radical (unpaired) electrons. The van der Waals surface area contributed by atoms with Crippen LogP contribution in [0.1, 0.15) is 50.7 Å². The summed E-state index contributed by atoms with van der Waals surface area (Å²) >= 11 is 0. The minimum absolute atomic E-state index is 0.245. The van der Waals surface area contributed by atoms with Crippen molar-refractivity contribution in [1.29, 1.82) is 0 Å². The van der Waals surface area contributed by atoms with Gasteiger partial charge in [-0.05, 0) is 84.3 Å². The zero-order valence-corrected chi connectivity index (χ0v) is 29.6. The van der Waals surface area contributed by atoms with E-state index in [0.717, 1.165) is 11.1 Å². The summed E-state index contributed by atoms with van der Waals surface area (Å²) in [5.74, 6) is -3.80. The standard InChI is InChI=1S/C42H46N2O8/c1-3-23-43(27-29-15-19-33(20-16-29)51-31-11-7-5-8-12-31)41(49)39-35(25-37(45)46)36(26-38(47)48)40(39)42(50)44(24-4-2)28-30-17-21-34(22-18-30)52-32-13-9-6-10-14-32/h5-22,35-36,39-40H,3-4,23-28H2,1-2H3,(H,45,46)(H,47,48)/t35-,36-,39-,40-/m1/s1. The Morgan fingerprint density at radius 3 is 1.15 bits per heavy atom. The van der Waals surface area contributed by atoms with Gasteiger partial charge < -0.3 is 29.5 Å². The number of carboxylic acids is 2. The molecule has 0 spiro atoms. The second kappa shape index (κ2) is 18.0. The molecule has 1 saturated carbocycles. The maximum absolute atomic E-state index is 14.5. The molecule has 4 atom stereocenters. The number of ether oxygens (including phenoxy) is 2. The number of para-hydroxylation sites is 2. The van der Waals surface area contributed by atoms with Gasteiger partial charge in [0.2, 0.25) is 11.8 Å². The third-order valence-corrected chi connectivity index (χ3v) is 9.41. The van der Waals surface area contributed by atoms with E-state index in [1.165, 1.54) is 0 Å². The first-order chi connectivity index (χ1) is 25.2. The monoisotopic (exact) mass is 706 g/mol. The first-order valence-electron chi connectivity index (χ1n) is 17.8. The number of aliphatic carboxylic acids is 2. The van der Waals surface area contributed by atoms with Crippen LogP contribution in [0.15, 0.2) is 109 Å². The first-order valence-corrected chi connectivity index (χ1v) is 17.8. The normalized spacial score (nSPS) is 17.7. The largest absolute Gasteiger partial charge is 0.481 e. The number of carboxylic acid groups (broad SMARTS) is 2. The first kappa shape index (κ1) is 37.6. The van der Waals surface area contributed by atoms with E-state index in [4.69, 9.17) is 9.47 Å². The number of rotatable bonds is 18. The van der Waals surface area contributed by atoms with Gasteiger partial charge in [0, 0.05) is 39.0 Å². The van der Waals surface area contributed by atoms with Gasteiger partial charge in [0.1, 0.15) is 23.0 Å². The fourth-order valence-corrected chi connectivity index (χ4v) is 7.06. The van der Waals surface area contributed by atoms with E-state index in [1.807, 2.05) is 123 Å². The SMILES string of the molecule is CCCN(Cc1ccc(Oc2ccccc2)cc1)C(=O)[C@@H]1[C@H](CC(=O)O)[C@@H](CC(=O)O)[C@H]1C(=O)N(CCC)Cc1ccc(Oc2ccccc2)cc1. The molecule has 0 unspecified atom stereocenters. The molecule has 4 aromatic rings. The van der Waals surface area contributed by atoms with Crippen molar-refractivity contribution in [3.63, 3.8) is 0 Å². The minimum atomic E-state index is -1.14. The fourth-order valence-electron chi connectivity index (χ4n) is 7.06. The summed E-state index contributed by atoms with van der Waals surface area (Å²) in [7, 11) is 0. The lowest BCUT2D eigenvalue weighted by Crippen LogP contribution is -2.61. The predicted octanol–water partition coefficient (Wildman–Crippen LogP) is 7.88. The van der Waals surface area contributed by atoms with Crippen LogP contribution in [-0.2, 0) is 32.3 Å². The number of nitrogens with zero attached hydrogens (tertiary/aromatic N) is 2. The lowest BCUT2D eigenvalue weighted by Gasteiger charge is -2.51. The number of benzene rings is 4. The highest BCUT2D eigenvalue weighted by molar-refractivity contribution is 5.91. The van der Waals surface area contributed by atoms with Crippen molar-refractivity contribution < 1.29 is 38.9 Å². The van der Waals surface area contributed by atoms with Gasteiger partial charge in [-0.2, -0.15) is 0 Å². The maximum atomic E-state index is 14.5. The minimum Gasteiger partial charge on any atom is -0.481 e. The second-order valence-electron chi connectivity index (χ2n) is 13.2. The summed E-state index contributed by atoms with van der Waals surface area (Å²) < 4.78 is 11.8. The lowest BCUT2D eigenvalue weighted by atomic mass is 9.53. The molecule has 1 aliphatic rings. The topological polar surface area (TPSA) is 134 Å². The van der Waals surface area contributed by atoms with Crippen LogP contribution in [0.5, 0.6) is 23.0 Å². The molecule has 0 aliphatic heterocycles. The van der Waals surface area contributed by atoms with Gasteiger partial charge in [-0.1, -0.05) is 74.5 Å². The summed E-state index contributed by atoms with van der Waals surface area (Å²) in [6.07, 6.45) is 0.473. The second-order valence-corrected chi connectivity index (χ2v) is 13.2. The Kier molecular flexibility index (Phi) is 13.0. The van der Waals surface area contributed by atoms with E-state index in [0.29, 0.717) is 48.9 Å². The number of carbonyl (C=O) groups excluding carboxylic acids is 2. The lowest BCUT2D eigenvalue weighted by molar-refractivity contribution is -0.174. The molecular formula is C42H46N2O8. The molecule has 0 bridgehead atoms. The zero-order chi connectivity index (χ0) is 37.0. The van der Waals surface area contributed by atoms with Gasteiger partial charge in [-0.25, -0.2) is 0 Å². The van der Waals surface area contributed by atoms with Crippen molar-refractivity contribution in [1.82, 2.24) is 9.80 Å². The van der Waals surface area contributed by atoms with Crippen molar-refractivity contribution in [3.8, 4) is 23.0 Å². The quantitative estimate of drug-likeness (QED) is 0.107. The summed E-state index contributed by atoms with van der Waals surface area (Å²) in [5, 5.41) is 19.7. The molecule has 0 saturated heterocycles. The average Bonchev–Trinajstić information content (AvgIpc) is 3.13. The van der Waals surface area contributed by atoms with Crippen LogP contribution < -0.4 is 9.47 Å². The van der Waals surface area contributed by atoms with Crippen LogP contribution in [0.25, 0.3) is 0 Å². The predicted molar refractivity (Wildman–Crippen MR) is 196 cm³/mol. The Hall–Kier alpha value is -5.64. The van der Waals surface area contributed by atoms with Crippen LogP contribution in [0.3, 0.4) is 0 Å². The smallest absolute Gasteiger partial charge is 0.303 e. The van der Waals surface area contributed by atoms with Crippen LogP contribution in [-0.4, -0.2) is 56.9 Å². The van der Waals surface area contributed by atoms with Crippen molar-refractivity contribution in [2.24, 2.45) is 23.7 Å². The Bertz CT molecular complexity index is 1650. The van der Waals surface area contributed by atoms with Gasteiger partial charge in [-0.3, -0.25) is 19.2 Å². The molecule has 10 heteroatoms. The van der Waals surface area contributed by atoms with Crippen LogP contribution in [0.2, 0.25) is 0 Å². The molecule has 0 aromatic heterocycles. The van der Waals surface area contributed by atoms with Crippen LogP contribution in [0, 0.1) is 23.7 Å². The van der Waals surface area contributed by atoms with Gasteiger partial charge >= 0.3 is 11.9 Å². The summed E-state index contributed by atoms with van der Waals surface area (Å²) in [6, 6.07) is 33.6. The average molecular weight is 707 g/mol. The number of hydrogen-bond acceptors (Lipinski definition) is 6. The molecule has 1 aliphatic carbocycles. The fraction of sp³-hybridized carbons (Fsp3) is 0.333. The molecule has 1 fully saturated rings. The molecule has 0 heterocycles. The van der Waals surface area contributed by atoms with Crippen molar-refractivity contribution in [2.75, 3.05) is 13.1 Å². The number of amides is 2. The summed E-state index contributed by atoms with van der Waals surface area (Å²) in [4.78, 5) is 56.4. The molecule has 2 amide bonds. The molecule has 10 nitrogen and oxygen atoms in total. The molecule has 52 heavy (non-hydrogen) atoms. The highest BCUT2D eigenvalue weighted by atomic mass is 16.5. The molecule has 4 aromatic carbocycles. The van der Waals surface area contributed by atoms with Crippen molar-refractivity contribution >= 4 is 23.8 Å². The Morgan fingerprint density at radius 2 is 0.846 bits per heavy atom.